The van der Waals surface area contributed by atoms with Crippen LogP contribution in [0.5, 0.6) is 0 Å². The van der Waals surface area contributed by atoms with Gasteiger partial charge in [0.1, 0.15) is 5.82 Å². The first-order valence-electron chi connectivity index (χ1n) is 8.51. The molecule has 2 aromatic carbocycles. The Bertz CT molecular complexity index is 956. The number of aromatic nitrogens is 3. The summed E-state index contributed by atoms with van der Waals surface area (Å²) in [7, 11) is 0. The molecule has 0 atom stereocenters. The molecule has 0 radical (unpaired) electrons. The number of benzene rings is 2. The van der Waals surface area contributed by atoms with E-state index in [4.69, 9.17) is 34.8 Å². The van der Waals surface area contributed by atoms with Crippen molar-refractivity contribution in [3.05, 3.63) is 68.9 Å². The molecule has 5 nitrogen and oxygen atoms in total. The molecule has 1 amide bonds. The number of rotatable bonds is 7. The van der Waals surface area contributed by atoms with E-state index >= 15 is 0 Å². The third kappa shape index (κ3) is 5.20. The topological polar surface area (TPSA) is 59.8 Å². The van der Waals surface area contributed by atoms with Gasteiger partial charge in [0, 0.05) is 18.0 Å². The van der Waals surface area contributed by atoms with Gasteiger partial charge in [0.05, 0.1) is 21.5 Å². The van der Waals surface area contributed by atoms with Gasteiger partial charge in [0.2, 0.25) is 5.91 Å². The van der Waals surface area contributed by atoms with Gasteiger partial charge in [0.15, 0.2) is 5.16 Å². The van der Waals surface area contributed by atoms with Crippen molar-refractivity contribution in [2.45, 2.75) is 25.0 Å². The maximum Gasteiger partial charge on any atom is 0.234 e. The normalized spacial score (nSPS) is 10.9. The molecule has 0 bridgehead atoms. The summed E-state index contributed by atoms with van der Waals surface area (Å²) in [5.74, 6) is 0.769. The second kappa shape index (κ2) is 9.65. The van der Waals surface area contributed by atoms with Crippen LogP contribution in [0.15, 0.2) is 47.6 Å². The zero-order valence-corrected chi connectivity index (χ0v) is 18.0. The van der Waals surface area contributed by atoms with Crippen LogP contribution in [0.4, 0.5) is 5.69 Å². The van der Waals surface area contributed by atoms with Crippen LogP contribution in [0.2, 0.25) is 15.1 Å². The van der Waals surface area contributed by atoms with Crippen LogP contribution in [0.1, 0.15) is 18.3 Å². The molecule has 0 spiro atoms. The highest BCUT2D eigenvalue weighted by atomic mass is 35.5. The fraction of sp³-hybridized carbons (Fsp3) is 0.211. The van der Waals surface area contributed by atoms with E-state index < -0.39 is 0 Å². The van der Waals surface area contributed by atoms with Crippen molar-refractivity contribution in [1.82, 2.24) is 14.8 Å². The van der Waals surface area contributed by atoms with Gasteiger partial charge >= 0.3 is 0 Å². The molecule has 0 aliphatic heterocycles. The standard InChI is InChI=1S/C19H17Cl3N4OS/c1-2-26-16(8-12-6-4-3-5-7-12)24-25-19(26)28-11-17(27)23-18-14(21)9-13(20)10-15(18)22/h3-7,9-10H,2,8,11H2,1H3,(H,23,27). The number of thioether (sulfide) groups is 1. The van der Waals surface area contributed by atoms with Gasteiger partial charge in [-0.3, -0.25) is 4.79 Å². The molecule has 3 rings (SSSR count). The van der Waals surface area contributed by atoms with Crippen LogP contribution in [0.25, 0.3) is 0 Å². The summed E-state index contributed by atoms with van der Waals surface area (Å²) in [4.78, 5) is 12.3. The number of carbonyl (C=O) groups excluding carboxylic acids is 1. The van der Waals surface area contributed by atoms with E-state index in [0.29, 0.717) is 28.8 Å². The van der Waals surface area contributed by atoms with E-state index in [9.17, 15) is 4.79 Å². The maximum absolute atomic E-state index is 12.3. The molecule has 1 N–H and O–H groups in total. The van der Waals surface area contributed by atoms with Gasteiger partial charge in [-0.1, -0.05) is 76.9 Å². The number of amides is 1. The molecule has 1 aromatic heterocycles. The van der Waals surface area contributed by atoms with Gasteiger partial charge in [-0.05, 0) is 24.6 Å². The Morgan fingerprint density at radius 1 is 1.11 bits per heavy atom. The molecule has 0 unspecified atom stereocenters. The molecule has 0 aliphatic rings. The van der Waals surface area contributed by atoms with Crippen molar-refractivity contribution in [3.8, 4) is 0 Å². The van der Waals surface area contributed by atoms with Crippen molar-refractivity contribution in [3.63, 3.8) is 0 Å². The monoisotopic (exact) mass is 454 g/mol. The Kier molecular flexibility index (Phi) is 7.24. The van der Waals surface area contributed by atoms with Crippen LogP contribution < -0.4 is 5.32 Å². The van der Waals surface area contributed by atoms with E-state index in [0.717, 1.165) is 11.4 Å². The average Bonchev–Trinajstić information content (AvgIpc) is 3.05. The molecule has 9 heteroatoms. The first-order chi connectivity index (χ1) is 13.5. The number of halogens is 3. The summed E-state index contributed by atoms with van der Waals surface area (Å²) in [6.07, 6.45) is 0.685. The van der Waals surface area contributed by atoms with Crippen molar-refractivity contribution >= 4 is 58.2 Å². The minimum atomic E-state index is -0.244. The second-order valence-corrected chi connectivity index (χ2v) is 8.08. The molecule has 0 fully saturated rings. The van der Waals surface area contributed by atoms with Gasteiger partial charge in [-0.25, -0.2) is 0 Å². The Hall–Kier alpha value is -1.73. The first-order valence-corrected chi connectivity index (χ1v) is 10.6. The Morgan fingerprint density at radius 2 is 1.79 bits per heavy atom. The number of nitrogens with one attached hydrogen (secondary N) is 1. The highest BCUT2D eigenvalue weighted by molar-refractivity contribution is 7.99. The van der Waals surface area contributed by atoms with Gasteiger partial charge < -0.3 is 9.88 Å². The van der Waals surface area contributed by atoms with Crippen LogP contribution in [-0.4, -0.2) is 26.4 Å². The first kappa shape index (κ1) is 21.0. The largest absolute Gasteiger partial charge is 0.323 e. The highest BCUT2D eigenvalue weighted by Gasteiger charge is 2.15. The smallest absolute Gasteiger partial charge is 0.234 e. The Labute approximate surface area is 182 Å². The molecule has 3 aromatic rings. The second-order valence-electron chi connectivity index (χ2n) is 5.89. The fourth-order valence-electron chi connectivity index (χ4n) is 2.62. The molecular formula is C19H17Cl3N4OS. The summed E-state index contributed by atoms with van der Waals surface area (Å²) in [6.45, 7) is 2.74. The summed E-state index contributed by atoms with van der Waals surface area (Å²) in [5.41, 5.74) is 1.51. The number of nitrogens with zero attached hydrogens (tertiary/aromatic N) is 3. The molecule has 28 heavy (non-hydrogen) atoms. The average molecular weight is 456 g/mol. The molecule has 0 saturated carbocycles. The number of hydrogen-bond acceptors (Lipinski definition) is 4. The van der Waals surface area contributed by atoms with Crippen LogP contribution in [-0.2, 0) is 17.8 Å². The summed E-state index contributed by atoms with van der Waals surface area (Å²) in [6, 6.07) is 13.1. The Balaban J connectivity index is 1.65. The van der Waals surface area contributed by atoms with E-state index in [2.05, 4.69) is 27.6 Å². The zero-order chi connectivity index (χ0) is 20.1. The molecule has 0 saturated heterocycles. The number of carbonyl (C=O) groups is 1. The van der Waals surface area contributed by atoms with Crippen molar-refractivity contribution < 1.29 is 4.79 Å². The third-order valence-electron chi connectivity index (χ3n) is 3.92. The Morgan fingerprint density at radius 3 is 2.43 bits per heavy atom. The summed E-state index contributed by atoms with van der Waals surface area (Å²) >= 11 is 19.4. The third-order valence-corrected chi connectivity index (χ3v) is 5.70. The highest BCUT2D eigenvalue weighted by Crippen LogP contribution is 2.33. The summed E-state index contributed by atoms with van der Waals surface area (Å²) in [5, 5.41) is 12.9. The van der Waals surface area contributed by atoms with E-state index in [1.54, 1.807) is 0 Å². The lowest BCUT2D eigenvalue weighted by atomic mass is 10.1. The van der Waals surface area contributed by atoms with Crippen molar-refractivity contribution in [2.24, 2.45) is 0 Å². The fourth-order valence-corrected chi connectivity index (χ4v) is 4.35. The SMILES string of the molecule is CCn1c(Cc2ccccc2)nnc1SCC(=O)Nc1c(Cl)cc(Cl)cc1Cl. The lowest BCUT2D eigenvalue weighted by Crippen LogP contribution is -2.15. The minimum absolute atomic E-state index is 0.152. The van der Waals surface area contributed by atoms with Gasteiger partial charge in [0.25, 0.3) is 0 Å². The zero-order valence-electron chi connectivity index (χ0n) is 15.0. The van der Waals surface area contributed by atoms with E-state index in [-0.39, 0.29) is 21.7 Å². The number of hydrogen-bond donors (Lipinski definition) is 1. The van der Waals surface area contributed by atoms with Gasteiger partial charge in [-0.15, -0.1) is 10.2 Å². The van der Waals surface area contributed by atoms with Crippen LogP contribution in [0, 0.1) is 0 Å². The van der Waals surface area contributed by atoms with Crippen molar-refractivity contribution in [1.29, 1.82) is 0 Å². The summed E-state index contributed by atoms with van der Waals surface area (Å²) < 4.78 is 2.01. The lowest BCUT2D eigenvalue weighted by Gasteiger charge is -2.10. The van der Waals surface area contributed by atoms with E-state index in [1.165, 1.54) is 23.9 Å². The van der Waals surface area contributed by atoms with Crippen LogP contribution >= 0.6 is 46.6 Å². The van der Waals surface area contributed by atoms with Crippen molar-refractivity contribution in [2.75, 3.05) is 11.1 Å². The predicted molar refractivity (Wildman–Crippen MR) is 116 cm³/mol. The maximum atomic E-state index is 12.3. The number of anilines is 1. The van der Waals surface area contributed by atoms with E-state index in [1.807, 2.05) is 29.7 Å². The quantitative estimate of drug-likeness (QED) is 0.472. The molecule has 146 valence electrons. The van der Waals surface area contributed by atoms with Crippen LogP contribution in [0.3, 0.4) is 0 Å². The molecule has 1 heterocycles. The molecular weight excluding hydrogens is 439 g/mol. The predicted octanol–water partition coefficient (Wildman–Crippen LogP) is 5.58. The minimum Gasteiger partial charge on any atom is -0.323 e. The lowest BCUT2D eigenvalue weighted by molar-refractivity contribution is -0.113. The van der Waals surface area contributed by atoms with Gasteiger partial charge in [-0.2, -0.15) is 0 Å². The molecule has 0 aliphatic carbocycles.